The second kappa shape index (κ2) is 7.24. The van der Waals surface area contributed by atoms with Crippen molar-refractivity contribution in [2.24, 2.45) is 0 Å². The standard InChI is InChI=1S/C18H17N3O5/c19-13-4-7-15-16(11-13)26-17(18(23)20(15)8-1-9-22)10-12-2-5-14(6-3-12)21(24)25/h2-7,10-11,22H,1,8-9,19H2/b17-10+. The molecular formula is C18H17N3O5. The molecule has 0 saturated heterocycles. The lowest BCUT2D eigenvalue weighted by Gasteiger charge is -2.30. The summed E-state index contributed by atoms with van der Waals surface area (Å²) in [5.74, 6) is 0.166. The maximum absolute atomic E-state index is 12.8. The van der Waals surface area contributed by atoms with Gasteiger partial charge in [-0.05, 0) is 42.3 Å². The third-order valence-electron chi connectivity index (χ3n) is 3.89. The molecule has 0 aliphatic carbocycles. The van der Waals surface area contributed by atoms with E-state index in [1.165, 1.54) is 35.2 Å². The van der Waals surface area contributed by atoms with Crippen molar-refractivity contribution in [2.75, 3.05) is 23.8 Å². The first-order chi connectivity index (χ1) is 12.5. The summed E-state index contributed by atoms with van der Waals surface area (Å²) in [7, 11) is 0. The highest BCUT2D eigenvalue weighted by Gasteiger charge is 2.30. The van der Waals surface area contributed by atoms with Crippen molar-refractivity contribution in [1.82, 2.24) is 0 Å². The summed E-state index contributed by atoms with van der Waals surface area (Å²) in [6.07, 6.45) is 1.94. The van der Waals surface area contributed by atoms with Gasteiger partial charge in [0.05, 0.1) is 10.6 Å². The van der Waals surface area contributed by atoms with Crippen LogP contribution in [0.25, 0.3) is 6.08 Å². The van der Waals surface area contributed by atoms with Gasteiger partial charge in [0.15, 0.2) is 11.5 Å². The molecule has 2 aromatic rings. The van der Waals surface area contributed by atoms with Crippen molar-refractivity contribution >= 4 is 29.0 Å². The van der Waals surface area contributed by atoms with Crippen molar-refractivity contribution in [3.05, 3.63) is 63.9 Å². The molecule has 0 unspecified atom stereocenters. The van der Waals surface area contributed by atoms with Crippen LogP contribution in [0.4, 0.5) is 17.1 Å². The zero-order valence-corrected chi connectivity index (χ0v) is 13.8. The fourth-order valence-electron chi connectivity index (χ4n) is 2.63. The van der Waals surface area contributed by atoms with Crippen molar-refractivity contribution in [2.45, 2.75) is 6.42 Å². The third kappa shape index (κ3) is 3.50. The second-order valence-electron chi connectivity index (χ2n) is 5.72. The molecule has 0 radical (unpaired) electrons. The Morgan fingerprint density at radius 3 is 2.62 bits per heavy atom. The van der Waals surface area contributed by atoms with Crippen LogP contribution in [-0.4, -0.2) is 29.1 Å². The minimum absolute atomic E-state index is 0.0364. The first-order valence-corrected chi connectivity index (χ1v) is 7.96. The van der Waals surface area contributed by atoms with E-state index in [1.54, 1.807) is 18.2 Å². The highest BCUT2D eigenvalue weighted by Crippen LogP contribution is 2.37. The molecule has 3 N–H and O–H groups in total. The Kier molecular flexibility index (Phi) is 4.85. The second-order valence-corrected chi connectivity index (χ2v) is 5.72. The van der Waals surface area contributed by atoms with Gasteiger partial charge in [0.2, 0.25) is 0 Å². The molecule has 134 valence electrons. The maximum atomic E-state index is 12.8. The number of aliphatic hydroxyl groups is 1. The molecule has 2 aromatic carbocycles. The molecule has 3 rings (SSSR count). The number of hydrogen-bond acceptors (Lipinski definition) is 6. The number of carbonyl (C=O) groups is 1. The van der Waals surface area contributed by atoms with Gasteiger partial charge in [0.1, 0.15) is 0 Å². The molecule has 8 heteroatoms. The van der Waals surface area contributed by atoms with Crippen molar-refractivity contribution in [1.29, 1.82) is 0 Å². The van der Waals surface area contributed by atoms with Gasteiger partial charge in [0.25, 0.3) is 11.6 Å². The number of anilines is 2. The number of fused-ring (bicyclic) bond motifs is 1. The molecule has 26 heavy (non-hydrogen) atoms. The number of carbonyl (C=O) groups excluding carboxylic acids is 1. The SMILES string of the molecule is Nc1ccc2c(c1)O/C(=C/c1ccc([N+](=O)[O-])cc1)C(=O)N2CCCO. The van der Waals surface area contributed by atoms with Gasteiger partial charge in [0, 0.05) is 37.0 Å². The van der Waals surface area contributed by atoms with Crippen LogP contribution in [0.3, 0.4) is 0 Å². The van der Waals surface area contributed by atoms with Crippen LogP contribution in [0, 0.1) is 10.1 Å². The Bertz CT molecular complexity index is 877. The van der Waals surface area contributed by atoms with E-state index in [0.29, 0.717) is 35.7 Å². The number of benzene rings is 2. The van der Waals surface area contributed by atoms with E-state index in [4.69, 9.17) is 15.6 Å². The summed E-state index contributed by atoms with van der Waals surface area (Å²) in [5.41, 5.74) is 7.43. The molecule has 1 aliphatic rings. The zero-order chi connectivity index (χ0) is 18.7. The highest BCUT2D eigenvalue weighted by molar-refractivity contribution is 6.10. The van der Waals surface area contributed by atoms with Crippen LogP contribution in [0.2, 0.25) is 0 Å². The molecule has 1 heterocycles. The number of nitrogens with zero attached hydrogens (tertiary/aromatic N) is 2. The zero-order valence-electron chi connectivity index (χ0n) is 13.8. The van der Waals surface area contributed by atoms with Crippen LogP contribution < -0.4 is 15.4 Å². The molecule has 0 bridgehead atoms. The van der Waals surface area contributed by atoms with Crippen molar-refractivity contribution in [3.8, 4) is 5.75 Å². The number of nitrogens with two attached hydrogens (primary N) is 1. The Labute approximate surface area is 149 Å². The predicted octanol–water partition coefficient (Wildman–Crippen LogP) is 2.33. The lowest BCUT2D eigenvalue weighted by Crippen LogP contribution is -2.38. The molecule has 0 saturated carbocycles. The van der Waals surface area contributed by atoms with Crippen LogP contribution in [0.15, 0.2) is 48.2 Å². The molecule has 0 fully saturated rings. The van der Waals surface area contributed by atoms with Gasteiger partial charge >= 0.3 is 0 Å². The number of ether oxygens (including phenoxy) is 1. The number of amides is 1. The highest BCUT2D eigenvalue weighted by atomic mass is 16.6. The number of hydrogen-bond donors (Lipinski definition) is 2. The number of non-ortho nitro benzene ring substituents is 1. The molecule has 0 spiro atoms. The Morgan fingerprint density at radius 2 is 1.96 bits per heavy atom. The van der Waals surface area contributed by atoms with Gasteiger partial charge in [-0.2, -0.15) is 0 Å². The van der Waals surface area contributed by atoms with Crippen LogP contribution in [0.5, 0.6) is 5.75 Å². The van der Waals surface area contributed by atoms with E-state index in [0.717, 1.165) is 0 Å². The smallest absolute Gasteiger partial charge is 0.294 e. The monoisotopic (exact) mass is 355 g/mol. The predicted molar refractivity (Wildman–Crippen MR) is 96.6 cm³/mol. The average Bonchev–Trinajstić information content (AvgIpc) is 2.62. The van der Waals surface area contributed by atoms with Crippen LogP contribution >= 0.6 is 0 Å². The summed E-state index contributed by atoms with van der Waals surface area (Å²) in [4.78, 5) is 24.5. The minimum Gasteiger partial charge on any atom is -0.449 e. The lowest BCUT2D eigenvalue weighted by atomic mass is 10.1. The largest absolute Gasteiger partial charge is 0.449 e. The first kappa shape index (κ1) is 17.4. The topological polar surface area (TPSA) is 119 Å². The molecular weight excluding hydrogens is 338 g/mol. The quantitative estimate of drug-likeness (QED) is 0.368. The fourth-order valence-corrected chi connectivity index (χ4v) is 2.63. The Hall–Kier alpha value is -3.39. The van der Waals surface area contributed by atoms with E-state index in [9.17, 15) is 14.9 Å². The normalized spacial score (nSPS) is 14.9. The molecule has 1 amide bonds. The summed E-state index contributed by atoms with van der Waals surface area (Å²) in [5, 5.41) is 19.8. The number of nitro benzene ring substituents is 1. The van der Waals surface area contributed by atoms with Crippen LogP contribution in [0.1, 0.15) is 12.0 Å². The number of aliphatic hydroxyl groups excluding tert-OH is 1. The van der Waals surface area contributed by atoms with Crippen molar-refractivity contribution in [3.63, 3.8) is 0 Å². The first-order valence-electron chi connectivity index (χ1n) is 7.96. The lowest BCUT2D eigenvalue weighted by molar-refractivity contribution is -0.384. The molecule has 1 aliphatic heterocycles. The molecule has 8 nitrogen and oxygen atoms in total. The average molecular weight is 355 g/mol. The number of nitro groups is 1. The van der Waals surface area contributed by atoms with Gasteiger partial charge in [-0.25, -0.2) is 0 Å². The number of nitrogen functional groups attached to an aromatic ring is 1. The van der Waals surface area contributed by atoms with Crippen LogP contribution in [-0.2, 0) is 4.79 Å². The molecule has 0 atom stereocenters. The summed E-state index contributed by atoms with van der Waals surface area (Å²) in [6.45, 7) is 0.281. The van der Waals surface area contributed by atoms with E-state index in [1.807, 2.05) is 0 Å². The Morgan fingerprint density at radius 1 is 1.23 bits per heavy atom. The van der Waals surface area contributed by atoms with Gasteiger partial charge in [-0.15, -0.1) is 0 Å². The van der Waals surface area contributed by atoms with E-state index in [-0.39, 0.29) is 24.0 Å². The van der Waals surface area contributed by atoms with Gasteiger partial charge in [-0.3, -0.25) is 14.9 Å². The summed E-state index contributed by atoms with van der Waals surface area (Å²) >= 11 is 0. The maximum Gasteiger partial charge on any atom is 0.294 e. The summed E-state index contributed by atoms with van der Waals surface area (Å²) in [6, 6.07) is 10.8. The Balaban J connectivity index is 1.97. The van der Waals surface area contributed by atoms with E-state index in [2.05, 4.69) is 0 Å². The van der Waals surface area contributed by atoms with E-state index >= 15 is 0 Å². The molecule has 0 aromatic heterocycles. The summed E-state index contributed by atoms with van der Waals surface area (Å²) < 4.78 is 5.71. The van der Waals surface area contributed by atoms with E-state index < -0.39 is 4.92 Å². The minimum atomic E-state index is -0.491. The third-order valence-corrected chi connectivity index (χ3v) is 3.89. The van der Waals surface area contributed by atoms with Gasteiger partial charge in [-0.1, -0.05) is 0 Å². The van der Waals surface area contributed by atoms with Gasteiger partial charge < -0.3 is 20.5 Å². The fraction of sp³-hybridized carbons (Fsp3) is 0.167. The number of rotatable bonds is 5. The van der Waals surface area contributed by atoms with Crippen molar-refractivity contribution < 1.29 is 19.6 Å².